The topological polar surface area (TPSA) is 102 Å². The summed E-state index contributed by atoms with van der Waals surface area (Å²) in [6, 6.07) is 11.0. The Morgan fingerprint density at radius 3 is 2.41 bits per heavy atom. The lowest BCUT2D eigenvalue weighted by molar-refractivity contribution is -0.117. The monoisotopic (exact) mass is 459 g/mol. The van der Waals surface area contributed by atoms with Gasteiger partial charge >= 0.3 is 6.09 Å². The van der Waals surface area contributed by atoms with Gasteiger partial charge in [-0.1, -0.05) is 35.3 Å². The Morgan fingerprint density at radius 1 is 1.10 bits per heavy atom. The maximum Gasteiger partial charge on any atom is 0.408 e. The Hall–Kier alpha value is -2.32. The summed E-state index contributed by atoms with van der Waals surface area (Å²) in [6.07, 6.45) is -0.703. The number of rotatable bonds is 7. The molecule has 2 aromatic carbocycles. The quantitative estimate of drug-likeness (QED) is 0.485. The van der Waals surface area contributed by atoms with Crippen molar-refractivity contribution in [3.05, 3.63) is 63.6 Å². The van der Waals surface area contributed by atoms with Gasteiger partial charge in [0.25, 0.3) is 0 Å². The Kier molecular flexibility index (Phi) is 9.91. The number of benzene rings is 2. The van der Waals surface area contributed by atoms with E-state index in [9.17, 15) is 14.4 Å². The molecule has 0 saturated carbocycles. The molecule has 10 heteroatoms. The van der Waals surface area contributed by atoms with Gasteiger partial charge in [0.15, 0.2) is 5.78 Å². The lowest BCUT2D eigenvalue weighted by Crippen LogP contribution is -2.44. The van der Waals surface area contributed by atoms with Crippen LogP contribution in [-0.2, 0) is 9.53 Å². The van der Waals surface area contributed by atoms with Gasteiger partial charge < -0.3 is 15.8 Å². The standard InChI is InChI=1S/C19H19Cl2N3O4.ClH/c1-2-28-19(27)23-11-24(17(25)10-22)16-8-7-12(20)9-14(16)18(26)13-5-3-4-6-15(13)21;/h3-9H,2,10-11,22H2,1H3,(H,23,27);1H. The molecule has 0 atom stereocenters. The second kappa shape index (κ2) is 11.6. The number of nitrogens with zero attached hydrogens (tertiary/aromatic N) is 1. The predicted octanol–water partition coefficient (Wildman–Crippen LogP) is 3.64. The van der Waals surface area contributed by atoms with Gasteiger partial charge in [0.05, 0.1) is 23.9 Å². The number of hydrogen-bond acceptors (Lipinski definition) is 5. The number of hydrogen-bond donors (Lipinski definition) is 2. The Labute approximate surface area is 184 Å². The van der Waals surface area contributed by atoms with E-state index in [-0.39, 0.29) is 54.1 Å². The molecule has 156 valence electrons. The molecular formula is C19H20Cl3N3O4. The number of carbonyl (C=O) groups is 3. The highest BCUT2D eigenvalue weighted by molar-refractivity contribution is 6.36. The number of alkyl carbamates (subject to hydrolysis) is 1. The normalized spacial score (nSPS) is 9.93. The second-order valence-corrected chi connectivity index (χ2v) is 6.40. The number of ether oxygens (including phenoxy) is 1. The minimum atomic E-state index is -0.703. The lowest BCUT2D eigenvalue weighted by Gasteiger charge is -2.25. The number of anilines is 1. The third-order valence-electron chi connectivity index (χ3n) is 3.75. The summed E-state index contributed by atoms with van der Waals surface area (Å²) < 4.78 is 4.80. The van der Waals surface area contributed by atoms with Crippen molar-refractivity contribution in [1.29, 1.82) is 0 Å². The number of nitrogens with two attached hydrogens (primary N) is 1. The SMILES string of the molecule is CCOC(=O)NCN(C(=O)CN)c1ccc(Cl)cc1C(=O)c1ccccc1Cl.Cl. The van der Waals surface area contributed by atoms with Crippen molar-refractivity contribution in [2.75, 3.05) is 24.7 Å². The van der Waals surface area contributed by atoms with Gasteiger partial charge in [0.1, 0.15) is 6.67 Å². The van der Waals surface area contributed by atoms with E-state index in [1.54, 1.807) is 31.2 Å². The van der Waals surface area contributed by atoms with Crippen molar-refractivity contribution in [3.8, 4) is 0 Å². The molecule has 3 N–H and O–H groups in total. The molecule has 2 rings (SSSR count). The molecule has 0 unspecified atom stereocenters. The van der Waals surface area contributed by atoms with Crippen molar-refractivity contribution in [2.45, 2.75) is 6.92 Å². The van der Waals surface area contributed by atoms with Crippen LogP contribution in [0.2, 0.25) is 10.0 Å². The summed E-state index contributed by atoms with van der Waals surface area (Å²) in [7, 11) is 0. The van der Waals surface area contributed by atoms with Gasteiger partial charge in [-0.2, -0.15) is 0 Å². The maximum atomic E-state index is 13.1. The van der Waals surface area contributed by atoms with Gasteiger partial charge in [0, 0.05) is 16.1 Å². The fourth-order valence-corrected chi connectivity index (χ4v) is 2.85. The molecule has 0 radical (unpaired) electrons. The Balaban J connectivity index is 0.00000420. The first-order valence-corrected chi connectivity index (χ1v) is 9.14. The van der Waals surface area contributed by atoms with Gasteiger partial charge in [-0.05, 0) is 37.3 Å². The minimum Gasteiger partial charge on any atom is -0.450 e. The van der Waals surface area contributed by atoms with Crippen LogP contribution in [0.25, 0.3) is 0 Å². The molecule has 0 spiro atoms. The predicted molar refractivity (Wildman–Crippen MR) is 115 cm³/mol. The molecule has 0 aliphatic carbocycles. The van der Waals surface area contributed by atoms with E-state index in [0.29, 0.717) is 5.02 Å². The third kappa shape index (κ3) is 6.33. The minimum absolute atomic E-state index is 0. The number of ketones is 1. The average Bonchev–Trinajstić information content (AvgIpc) is 2.68. The van der Waals surface area contributed by atoms with Crippen LogP contribution in [0, 0.1) is 0 Å². The summed E-state index contributed by atoms with van der Waals surface area (Å²) in [5, 5.41) is 3.01. The van der Waals surface area contributed by atoms with Crippen LogP contribution in [0.4, 0.5) is 10.5 Å². The van der Waals surface area contributed by atoms with E-state index in [1.807, 2.05) is 0 Å². The second-order valence-electron chi connectivity index (χ2n) is 5.55. The molecule has 0 aliphatic heterocycles. The van der Waals surface area contributed by atoms with E-state index in [1.165, 1.54) is 23.1 Å². The highest BCUT2D eigenvalue weighted by atomic mass is 35.5. The van der Waals surface area contributed by atoms with E-state index >= 15 is 0 Å². The van der Waals surface area contributed by atoms with Crippen LogP contribution < -0.4 is 16.0 Å². The summed E-state index contributed by atoms with van der Waals surface area (Å²) >= 11 is 12.2. The number of carbonyl (C=O) groups excluding carboxylic acids is 3. The number of amides is 2. The molecule has 0 saturated heterocycles. The molecule has 29 heavy (non-hydrogen) atoms. The molecule has 0 heterocycles. The Bertz CT molecular complexity index is 893. The molecule has 2 amide bonds. The van der Waals surface area contributed by atoms with Gasteiger partial charge in [-0.3, -0.25) is 14.5 Å². The summed E-state index contributed by atoms with van der Waals surface area (Å²) in [5.41, 5.74) is 6.14. The largest absolute Gasteiger partial charge is 0.450 e. The molecule has 0 aliphatic rings. The first kappa shape index (κ1) is 24.7. The smallest absolute Gasteiger partial charge is 0.408 e. The summed E-state index contributed by atoms with van der Waals surface area (Å²) in [6.45, 7) is 1.27. The fourth-order valence-electron chi connectivity index (χ4n) is 2.46. The molecule has 7 nitrogen and oxygen atoms in total. The summed E-state index contributed by atoms with van der Waals surface area (Å²) in [4.78, 5) is 38.3. The average molecular weight is 461 g/mol. The van der Waals surface area contributed by atoms with E-state index in [0.717, 1.165) is 0 Å². The van der Waals surface area contributed by atoms with Crippen LogP contribution in [0.3, 0.4) is 0 Å². The van der Waals surface area contributed by atoms with E-state index in [4.69, 9.17) is 33.7 Å². The molecule has 0 aromatic heterocycles. The van der Waals surface area contributed by atoms with Crippen molar-refractivity contribution < 1.29 is 19.1 Å². The van der Waals surface area contributed by atoms with Crippen molar-refractivity contribution >= 4 is 59.1 Å². The highest BCUT2D eigenvalue weighted by Crippen LogP contribution is 2.29. The van der Waals surface area contributed by atoms with E-state index < -0.39 is 17.8 Å². The van der Waals surface area contributed by atoms with Crippen molar-refractivity contribution in [2.24, 2.45) is 5.73 Å². The first-order chi connectivity index (χ1) is 13.4. The molecule has 0 bridgehead atoms. The van der Waals surface area contributed by atoms with Gasteiger partial charge in [-0.25, -0.2) is 4.79 Å². The van der Waals surface area contributed by atoms with Crippen molar-refractivity contribution in [1.82, 2.24) is 5.32 Å². The molecule has 2 aromatic rings. The first-order valence-electron chi connectivity index (χ1n) is 8.38. The molecular weight excluding hydrogens is 441 g/mol. The molecule has 0 fully saturated rings. The van der Waals surface area contributed by atoms with Crippen LogP contribution in [0.5, 0.6) is 0 Å². The zero-order valence-electron chi connectivity index (χ0n) is 15.5. The zero-order valence-corrected chi connectivity index (χ0v) is 17.8. The lowest BCUT2D eigenvalue weighted by atomic mass is 10.0. The maximum absolute atomic E-state index is 13.1. The number of nitrogens with one attached hydrogen (secondary N) is 1. The van der Waals surface area contributed by atoms with Crippen molar-refractivity contribution in [3.63, 3.8) is 0 Å². The zero-order chi connectivity index (χ0) is 20.7. The number of halogens is 3. The van der Waals surface area contributed by atoms with Crippen LogP contribution in [0.15, 0.2) is 42.5 Å². The van der Waals surface area contributed by atoms with Crippen LogP contribution in [0.1, 0.15) is 22.8 Å². The Morgan fingerprint density at radius 2 is 1.79 bits per heavy atom. The van der Waals surface area contributed by atoms with E-state index in [2.05, 4.69) is 5.32 Å². The van der Waals surface area contributed by atoms with Crippen LogP contribution >= 0.6 is 35.6 Å². The van der Waals surface area contributed by atoms with Gasteiger partial charge in [-0.15, -0.1) is 12.4 Å². The van der Waals surface area contributed by atoms with Gasteiger partial charge in [0.2, 0.25) is 5.91 Å². The highest BCUT2D eigenvalue weighted by Gasteiger charge is 2.24. The fraction of sp³-hybridized carbons (Fsp3) is 0.211. The third-order valence-corrected chi connectivity index (χ3v) is 4.31. The van der Waals surface area contributed by atoms with Crippen LogP contribution in [-0.4, -0.2) is 37.6 Å². The summed E-state index contributed by atoms with van der Waals surface area (Å²) in [5.74, 6) is -0.929.